The average molecular weight is 272 g/mol. The molecule has 1 rings (SSSR count). The molecular formula is C14H22ClNO2. The van der Waals surface area contributed by atoms with Gasteiger partial charge in [0, 0.05) is 23.2 Å². The van der Waals surface area contributed by atoms with Crippen LogP contribution in [0, 0.1) is 0 Å². The molecule has 0 aliphatic carbocycles. The molecule has 0 unspecified atom stereocenters. The van der Waals surface area contributed by atoms with Gasteiger partial charge in [0.05, 0.1) is 14.2 Å². The molecular weight excluding hydrogens is 250 g/mol. The van der Waals surface area contributed by atoms with E-state index in [1.54, 1.807) is 20.3 Å². The summed E-state index contributed by atoms with van der Waals surface area (Å²) in [6, 6.07) is 3.70. The van der Waals surface area contributed by atoms with Crippen molar-refractivity contribution >= 4 is 11.6 Å². The van der Waals surface area contributed by atoms with Crippen LogP contribution in [0.3, 0.4) is 0 Å². The molecule has 0 radical (unpaired) electrons. The Morgan fingerprint density at radius 2 is 1.72 bits per heavy atom. The van der Waals surface area contributed by atoms with Crippen LogP contribution >= 0.6 is 11.6 Å². The van der Waals surface area contributed by atoms with Crippen LogP contribution in [0.15, 0.2) is 12.1 Å². The van der Waals surface area contributed by atoms with E-state index in [0.717, 1.165) is 12.0 Å². The summed E-state index contributed by atoms with van der Waals surface area (Å²) in [6.45, 7) is 7.20. The van der Waals surface area contributed by atoms with Crippen molar-refractivity contribution in [1.29, 1.82) is 0 Å². The van der Waals surface area contributed by atoms with E-state index >= 15 is 0 Å². The fourth-order valence-electron chi connectivity index (χ4n) is 1.49. The van der Waals surface area contributed by atoms with Crippen LogP contribution in [-0.4, -0.2) is 19.8 Å². The molecule has 0 aliphatic heterocycles. The SMILES string of the molecule is CCC(C)(C)NCc1cc(OC)c(OC)cc1Cl. The van der Waals surface area contributed by atoms with E-state index in [2.05, 4.69) is 26.1 Å². The highest BCUT2D eigenvalue weighted by atomic mass is 35.5. The zero-order chi connectivity index (χ0) is 13.8. The molecule has 1 N–H and O–H groups in total. The van der Waals surface area contributed by atoms with E-state index in [9.17, 15) is 0 Å². The van der Waals surface area contributed by atoms with Crippen molar-refractivity contribution in [3.05, 3.63) is 22.7 Å². The van der Waals surface area contributed by atoms with E-state index < -0.39 is 0 Å². The molecule has 0 bridgehead atoms. The van der Waals surface area contributed by atoms with E-state index in [0.29, 0.717) is 23.1 Å². The molecule has 4 heteroatoms. The molecule has 0 saturated carbocycles. The summed E-state index contributed by atoms with van der Waals surface area (Å²) in [5.74, 6) is 1.36. The first-order valence-corrected chi connectivity index (χ1v) is 6.46. The largest absolute Gasteiger partial charge is 0.493 e. The summed E-state index contributed by atoms with van der Waals surface area (Å²) in [7, 11) is 3.23. The van der Waals surface area contributed by atoms with E-state index in [1.165, 1.54) is 0 Å². The van der Waals surface area contributed by atoms with Crippen LogP contribution in [0.1, 0.15) is 32.8 Å². The van der Waals surface area contributed by atoms with E-state index in [1.807, 2.05) is 6.07 Å². The minimum absolute atomic E-state index is 0.0937. The number of ether oxygens (including phenoxy) is 2. The summed E-state index contributed by atoms with van der Waals surface area (Å²) in [5, 5.41) is 4.16. The Hall–Kier alpha value is -0.930. The number of benzene rings is 1. The molecule has 0 spiro atoms. The topological polar surface area (TPSA) is 30.5 Å². The van der Waals surface area contributed by atoms with Gasteiger partial charge in [0.2, 0.25) is 0 Å². The van der Waals surface area contributed by atoms with Crippen molar-refractivity contribution in [2.24, 2.45) is 0 Å². The lowest BCUT2D eigenvalue weighted by Gasteiger charge is -2.25. The molecule has 0 aliphatic rings. The highest BCUT2D eigenvalue weighted by Gasteiger charge is 2.16. The molecule has 18 heavy (non-hydrogen) atoms. The lowest BCUT2D eigenvalue weighted by molar-refractivity contribution is 0.352. The number of halogens is 1. The van der Waals surface area contributed by atoms with Gasteiger partial charge < -0.3 is 14.8 Å². The Bertz CT molecular complexity index is 405. The summed E-state index contributed by atoms with van der Waals surface area (Å²) < 4.78 is 10.5. The normalized spacial score (nSPS) is 11.4. The molecule has 0 amide bonds. The van der Waals surface area contributed by atoms with Crippen molar-refractivity contribution in [1.82, 2.24) is 5.32 Å². The first-order valence-electron chi connectivity index (χ1n) is 6.09. The van der Waals surface area contributed by atoms with E-state index in [-0.39, 0.29) is 5.54 Å². The first kappa shape index (κ1) is 15.1. The molecule has 0 saturated heterocycles. The molecule has 0 aromatic heterocycles. The number of nitrogens with one attached hydrogen (secondary N) is 1. The smallest absolute Gasteiger partial charge is 0.162 e. The molecule has 0 atom stereocenters. The summed E-state index contributed by atoms with van der Waals surface area (Å²) in [6.07, 6.45) is 1.05. The Labute approximate surface area is 114 Å². The van der Waals surface area contributed by atoms with Crippen molar-refractivity contribution in [2.75, 3.05) is 14.2 Å². The van der Waals surface area contributed by atoms with Gasteiger partial charge in [0.25, 0.3) is 0 Å². The average Bonchev–Trinajstić information content (AvgIpc) is 2.36. The molecule has 0 fully saturated rings. The zero-order valence-corrected chi connectivity index (χ0v) is 12.5. The second-order valence-electron chi connectivity index (χ2n) is 4.89. The lowest BCUT2D eigenvalue weighted by atomic mass is 10.0. The van der Waals surface area contributed by atoms with Crippen LogP contribution in [-0.2, 0) is 6.54 Å². The van der Waals surface area contributed by atoms with Gasteiger partial charge in [-0.3, -0.25) is 0 Å². The lowest BCUT2D eigenvalue weighted by Crippen LogP contribution is -2.37. The highest BCUT2D eigenvalue weighted by molar-refractivity contribution is 6.31. The number of rotatable bonds is 6. The zero-order valence-electron chi connectivity index (χ0n) is 11.8. The van der Waals surface area contributed by atoms with Gasteiger partial charge >= 0.3 is 0 Å². The first-order chi connectivity index (χ1) is 8.43. The molecule has 3 nitrogen and oxygen atoms in total. The molecule has 1 aromatic carbocycles. The van der Waals surface area contributed by atoms with Crippen LogP contribution in [0.25, 0.3) is 0 Å². The minimum Gasteiger partial charge on any atom is -0.493 e. The Morgan fingerprint density at radius 1 is 1.17 bits per heavy atom. The number of hydrogen-bond acceptors (Lipinski definition) is 3. The summed E-state index contributed by atoms with van der Waals surface area (Å²) in [5.41, 5.74) is 1.10. The predicted molar refractivity (Wildman–Crippen MR) is 75.8 cm³/mol. The highest BCUT2D eigenvalue weighted by Crippen LogP contribution is 2.33. The van der Waals surface area contributed by atoms with Crippen LogP contribution in [0.5, 0.6) is 11.5 Å². The van der Waals surface area contributed by atoms with Crippen molar-refractivity contribution in [2.45, 2.75) is 39.3 Å². The third-order valence-corrected chi connectivity index (χ3v) is 3.55. The van der Waals surface area contributed by atoms with Crippen LogP contribution in [0.2, 0.25) is 5.02 Å². The van der Waals surface area contributed by atoms with Crippen molar-refractivity contribution in [3.63, 3.8) is 0 Å². The molecule has 1 aromatic rings. The van der Waals surface area contributed by atoms with Gasteiger partial charge in [-0.1, -0.05) is 18.5 Å². The Morgan fingerprint density at radius 3 is 2.22 bits per heavy atom. The quantitative estimate of drug-likeness (QED) is 0.857. The standard InChI is InChI=1S/C14H22ClNO2/c1-6-14(2,3)16-9-10-7-12(17-4)13(18-5)8-11(10)15/h7-8,16H,6,9H2,1-5H3. The molecule has 102 valence electrons. The van der Waals surface area contributed by atoms with Gasteiger partial charge in [-0.05, 0) is 31.9 Å². The predicted octanol–water partition coefficient (Wildman–Crippen LogP) is 3.64. The third kappa shape index (κ3) is 3.79. The Kier molecular flexibility index (Phi) is 5.29. The Balaban J connectivity index is 2.89. The summed E-state index contributed by atoms with van der Waals surface area (Å²) >= 11 is 6.23. The second-order valence-corrected chi connectivity index (χ2v) is 5.30. The third-order valence-electron chi connectivity index (χ3n) is 3.19. The number of methoxy groups -OCH3 is 2. The van der Waals surface area contributed by atoms with Gasteiger partial charge in [-0.15, -0.1) is 0 Å². The van der Waals surface area contributed by atoms with Gasteiger partial charge in [0.1, 0.15) is 0 Å². The second kappa shape index (κ2) is 6.30. The maximum Gasteiger partial charge on any atom is 0.162 e. The van der Waals surface area contributed by atoms with Gasteiger partial charge in [-0.2, -0.15) is 0 Å². The van der Waals surface area contributed by atoms with Crippen LogP contribution in [0.4, 0.5) is 0 Å². The fraction of sp³-hybridized carbons (Fsp3) is 0.571. The van der Waals surface area contributed by atoms with Crippen molar-refractivity contribution < 1.29 is 9.47 Å². The molecule has 0 heterocycles. The maximum atomic E-state index is 6.23. The van der Waals surface area contributed by atoms with Crippen LogP contribution < -0.4 is 14.8 Å². The fourth-order valence-corrected chi connectivity index (χ4v) is 1.71. The van der Waals surface area contributed by atoms with Gasteiger partial charge in [-0.25, -0.2) is 0 Å². The van der Waals surface area contributed by atoms with Crippen molar-refractivity contribution in [3.8, 4) is 11.5 Å². The maximum absolute atomic E-state index is 6.23. The monoisotopic (exact) mass is 271 g/mol. The minimum atomic E-state index is 0.0937. The summed E-state index contributed by atoms with van der Waals surface area (Å²) in [4.78, 5) is 0. The van der Waals surface area contributed by atoms with E-state index in [4.69, 9.17) is 21.1 Å². The number of hydrogen-bond donors (Lipinski definition) is 1. The van der Waals surface area contributed by atoms with Gasteiger partial charge in [0.15, 0.2) is 11.5 Å².